The molecule has 8 nitrogen and oxygen atoms in total. The fraction of sp³-hybridized carbons (Fsp3) is 0.684. The quantitative estimate of drug-likeness (QED) is 0.681. The van der Waals surface area contributed by atoms with E-state index in [1.54, 1.807) is 17.5 Å². The van der Waals surface area contributed by atoms with Crippen LogP contribution in [0.4, 0.5) is 0 Å². The van der Waals surface area contributed by atoms with Crippen molar-refractivity contribution in [3.63, 3.8) is 0 Å². The van der Waals surface area contributed by atoms with Crippen LogP contribution in [-0.2, 0) is 19.6 Å². The predicted octanol–water partition coefficient (Wildman–Crippen LogP) is 0.760. The second-order valence-electron chi connectivity index (χ2n) is 8.08. The van der Waals surface area contributed by atoms with E-state index in [0.717, 1.165) is 25.9 Å². The Bertz CT molecular complexity index is 836. The van der Waals surface area contributed by atoms with Gasteiger partial charge in [-0.1, -0.05) is 6.07 Å². The molecular formula is C19H28N4O4S2. The highest BCUT2D eigenvalue weighted by molar-refractivity contribution is 7.91. The normalized spacial score (nSPS) is 28.2. The van der Waals surface area contributed by atoms with Crippen LogP contribution in [0.5, 0.6) is 0 Å². The van der Waals surface area contributed by atoms with Gasteiger partial charge in [-0.25, -0.2) is 13.1 Å². The van der Waals surface area contributed by atoms with Crippen molar-refractivity contribution in [1.82, 2.24) is 19.8 Å². The smallest absolute Gasteiger partial charge is 0.250 e. The molecule has 4 heterocycles. The number of likely N-dealkylation sites (tertiary alicyclic amines) is 1. The number of thiophene rings is 1. The molecule has 0 radical (unpaired) electrons. The van der Waals surface area contributed by atoms with Crippen LogP contribution in [0, 0.1) is 0 Å². The lowest BCUT2D eigenvalue weighted by Gasteiger charge is -2.37. The van der Waals surface area contributed by atoms with Crippen molar-refractivity contribution in [2.24, 2.45) is 0 Å². The van der Waals surface area contributed by atoms with Crippen LogP contribution < -0.4 is 10.0 Å². The summed E-state index contributed by atoms with van der Waals surface area (Å²) in [6.45, 7) is 2.69. The average Bonchev–Trinajstić information content (AvgIpc) is 3.38. The zero-order valence-electron chi connectivity index (χ0n) is 16.4. The number of piperazine rings is 1. The summed E-state index contributed by atoms with van der Waals surface area (Å²) in [6.07, 6.45) is 4.94. The van der Waals surface area contributed by atoms with E-state index in [1.807, 2.05) is 4.90 Å². The molecule has 1 aromatic rings. The molecule has 0 bridgehead atoms. The van der Waals surface area contributed by atoms with E-state index in [9.17, 15) is 18.0 Å². The molecule has 2 N–H and O–H groups in total. The van der Waals surface area contributed by atoms with E-state index in [4.69, 9.17) is 0 Å². The first-order valence-electron chi connectivity index (χ1n) is 10.3. The largest absolute Gasteiger partial charge is 0.353 e. The lowest BCUT2D eigenvalue weighted by Crippen LogP contribution is -2.58. The number of piperidine rings is 1. The van der Waals surface area contributed by atoms with E-state index in [2.05, 4.69) is 14.9 Å². The van der Waals surface area contributed by atoms with Gasteiger partial charge in [0.2, 0.25) is 21.8 Å². The number of rotatable bonds is 6. The molecule has 3 aliphatic heterocycles. The molecule has 2 amide bonds. The fourth-order valence-corrected chi connectivity index (χ4v) is 6.86. The second kappa shape index (κ2) is 8.71. The summed E-state index contributed by atoms with van der Waals surface area (Å²) >= 11 is 1.18. The Hall–Kier alpha value is -1.49. The first-order chi connectivity index (χ1) is 13.9. The van der Waals surface area contributed by atoms with Gasteiger partial charge in [-0.15, -0.1) is 11.3 Å². The summed E-state index contributed by atoms with van der Waals surface area (Å²) in [6, 6.07) is 2.70. The molecule has 1 aromatic heterocycles. The molecule has 0 unspecified atom stereocenters. The molecule has 3 atom stereocenters. The minimum Gasteiger partial charge on any atom is -0.353 e. The third-order valence-electron chi connectivity index (χ3n) is 6.10. The number of carbonyl (C=O) groups excluding carboxylic acids is 2. The lowest BCUT2D eigenvalue weighted by molar-refractivity contribution is -0.133. The number of hydrogen-bond acceptors (Lipinski definition) is 6. The Balaban J connectivity index is 1.36. The molecule has 3 saturated heterocycles. The van der Waals surface area contributed by atoms with E-state index in [0.29, 0.717) is 32.4 Å². The molecule has 0 spiro atoms. The molecule has 0 aromatic carbocycles. The van der Waals surface area contributed by atoms with Crippen LogP contribution >= 0.6 is 11.3 Å². The highest BCUT2D eigenvalue weighted by Gasteiger charge is 2.44. The molecule has 0 aliphatic carbocycles. The van der Waals surface area contributed by atoms with Gasteiger partial charge >= 0.3 is 0 Å². The van der Waals surface area contributed by atoms with Gasteiger partial charge in [0.1, 0.15) is 4.21 Å². The zero-order valence-corrected chi connectivity index (χ0v) is 18.0. The van der Waals surface area contributed by atoms with Gasteiger partial charge < -0.3 is 10.2 Å². The van der Waals surface area contributed by atoms with Gasteiger partial charge in [0.15, 0.2) is 0 Å². The number of nitrogens with one attached hydrogen (secondary N) is 2. The van der Waals surface area contributed by atoms with E-state index < -0.39 is 10.0 Å². The molecule has 3 fully saturated rings. The first kappa shape index (κ1) is 20.8. The van der Waals surface area contributed by atoms with Crippen molar-refractivity contribution >= 4 is 33.2 Å². The van der Waals surface area contributed by atoms with Gasteiger partial charge in [0, 0.05) is 44.7 Å². The minimum absolute atomic E-state index is 0.0542. The number of hydrogen-bond donors (Lipinski definition) is 2. The van der Waals surface area contributed by atoms with Crippen molar-refractivity contribution in [3.05, 3.63) is 17.5 Å². The molecule has 29 heavy (non-hydrogen) atoms. The summed E-state index contributed by atoms with van der Waals surface area (Å²) in [5.74, 6) is 0.133. The highest BCUT2D eigenvalue weighted by atomic mass is 32.2. The second-order valence-corrected chi connectivity index (χ2v) is 11.0. The highest BCUT2D eigenvalue weighted by Crippen LogP contribution is 2.27. The third-order valence-corrected chi connectivity index (χ3v) is 9.02. The van der Waals surface area contributed by atoms with Crippen LogP contribution in [0.2, 0.25) is 0 Å². The number of nitrogens with zero attached hydrogens (tertiary/aromatic N) is 2. The summed E-state index contributed by atoms with van der Waals surface area (Å²) in [7, 11) is -3.57. The van der Waals surface area contributed by atoms with Crippen molar-refractivity contribution in [2.75, 3.05) is 26.2 Å². The van der Waals surface area contributed by atoms with Gasteiger partial charge in [0.25, 0.3) is 0 Å². The zero-order chi connectivity index (χ0) is 20.4. The fourth-order valence-electron chi connectivity index (χ4n) is 4.61. The van der Waals surface area contributed by atoms with Crippen LogP contribution in [-0.4, -0.2) is 74.3 Å². The topological polar surface area (TPSA) is 98.8 Å². The van der Waals surface area contributed by atoms with Crippen molar-refractivity contribution in [2.45, 2.75) is 60.9 Å². The van der Waals surface area contributed by atoms with Gasteiger partial charge in [0.05, 0.1) is 6.04 Å². The minimum atomic E-state index is -3.57. The average molecular weight is 441 g/mol. The number of fused-ring (bicyclic) bond motifs is 1. The van der Waals surface area contributed by atoms with Gasteiger partial charge in [-0.3, -0.25) is 14.5 Å². The maximum absolute atomic E-state index is 12.5. The molecule has 3 aliphatic rings. The van der Waals surface area contributed by atoms with Crippen molar-refractivity contribution in [3.8, 4) is 0 Å². The van der Waals surface area contributed by atoms with Crippen LogP contribution in [0.1, 0.15) is 38.5 Å². The van der Waals surface area contributed by atoms with E-state index >= 15 is 0 Å². The van der Waals surface area contributed by atoms with E-state index in [1.165, 1.54) is 17.8 Å². The first-order valence-corrected chi connectivity index (χ1v) is 12.7. The monoisotopic (exact) mass is 440 g/mol. The van der Waals surface area contributed by atoms with Crippen LogP contribution in [0.15, 0.2) is 21.7 Å². The number of carbonyl (C=O) groups is 2. The third kappa shape index (κ3) is 4.65. The molecule has 0 saturated carbocycles. The summed E-state index contributed by atoms with van der Waals surface area (Å²) in [5.41, 5.74) is 0. The maximum Gasteiger partial charge on any atom is 0.250 e. The molecule has 4 rings (SSSR count). The molecule has 10 heteroatoms. The standard InChI is InChI=1S/C19H28N4O4S2/c24-17(22-8-2-1-3-9-22)7-6-15-12-20-19(25)16-11-14(13-23(15)16)21-29(26,27)18-5-4-10-28-18/h4-5,10,14-16,21H,1-3,6-9,11-13H2,(H,20,25)/t14-,15-,16+/m1/s1. The molecular weight excluding hydrogens is 412 g/mol. The van der Waals surface area contributed by atoms with Crippen LogP contribution in [0.3, 0.4) is 0 Å². The van der Waals surface area contributed by atoms with Crippen molar-refractivity contribution in [1.29, 1.82) is 0 Å². The van der Waals surface area contributed by atoms with Crippen molar-refractivity contribution < 1.29 is 18.0 Å². The number of sulfonamides is 1. The summed E-state index contributed by atoms with van der Waals surface area (Å²) in [5, 5.41) is 4.67. The van der Waals surface area contributed by atoms with Gasteiger partial charge in [-0.05, 0) is 43.6 Å². The number of amides is 2. The Labute approximate surface area is 175 Å². The predicted molar refractivity (Wildman–Crippen MR) is 110 cm³/mol. The van der Waals surface area contributed by atoms with Crippen LogP contribution in [0.25, 0.3) is 0 Å². The SMILES string of the molecule is O=C1NC[C@@H](CCC(=O)N2CCCCC2)N2C[C@H](NS(=O)(=O)c3cccs3)C[C@@H]12. The van der Waals surface area contributed by atoms with Gasteiger partial charge in [-0.2, -0.15) is 0 Å². The Morgan fingerprint density at radius 1 is 1.28 bits per heavy atom. The Morgan fingerprint density at radius 3 is 2.79 bits per heavy atom. The summed E-state index contributed by atoms with van der Waals surface area (Å²) in [4.78, 5) is 28.9. The molecule has 160 valence electrons. The summed E-state index contributed by atoms with van der Waals surface area (Å²) < 4.78 is 28.1. The Kier molecular flexibility index (Phi) is 6.24. The Morgan fingerprint density at radius 2 is 2.07 bits per heavy atom. The maximum atomic E-state index is 12.5. The van der Waals surface area contributed by atoms with E-state index in [-0.39, 0.29) is 34.1 Å². The lowest BCUT2D eigenvalue weighted by atomic mass is 10.0.